The number of rotatable bonds is 3. The van der Waals surface area contributed by atoms with Crippen molar-refractivity contribution in [1.29, 1.82) is 0 Å². The maximum absolute atomic E-state index is 11.8. The number of aliphatic imine (C=N–C) groups is 1. The smallest absolute Gasteiger partial charge is 0.338 e. The summed E-state index contributed by atoms with van der Waals surface area (Å²) in [6, 6.07) is 0. The number of carbonyl (C=O) groups excluding carboxylic acids is 1. The average Bonchev–Trinajstić information content (AvgIpc) is 2.44. The van der Waals surface area contributed by atoms with E-state index in [4.69, 9.17) is 10.5 Å². The molecule has 0 bridgehead atoms. The van der Waals surface area contributed by atoms with Gasteiger partial charge in [-0.05, 0) is 27.2 Å². The Balaban J connectivity index is 2.65. The number of hydrogen-bond donors (Lipinski definition) is 1. The fourth-order valence-corrected chi connectivity index (χ4v) is 1.52. The predicted octanol–water partition coefficient (Wildman–Crippen LogP) is 2.14. The fourth-order valence-electron chi connectivity index (χ4n) is 1.52. The maximum atomic E-state index is 11.8. The van der Waals surface area contributed by atoms with Crippen LogP contribution in [0.1, 0.15) is 47.0 Å². The number of nitrogens with zero attached hydrogens (tertiary/aromatic N) is 1. The van der Waals surface area contributed by atoms with E-state index in [0.29, 0.717) is 17.8 Å². The third-order valence-corrected chi connectivity index (χ3v) is 2.15. The van der Waals surface area contributed by atoms with Gasteiger partial charge in [0.1, 0.15) is 11.4 Å². The third-order valence-electron chi connectivity index (χ3n) is 2.15. The Morgan fingerprint density at radius 1 is 1.50 bits per heavy atom. The Bertz CT molecular complexity index is 349. The summed E-state index contributed by atoms with van der Waals surface area (Å²) >= 11 is 0. The highest BCUT2D eigenvalue weighted by molar-refractivity contribution is 6.01. The molecule has 4 heteroatoms. The molecule has 0 aromatic rings. The molecule has 0 radical (unpaired) electrons. The summed E-state index contributed by atoms with van der Waals surface area (Å²) in [5.74, 6) is -0.0300. The molecule has 4 nitrogen and oxygen atoms in total. The largest absolute Gasteiger partial charge is 0.456 e. The van der Waals surface area contributed by atoms with Gasteiger partial charge < -0.3 is 10.5 Å². The monoisotopic (exact) mass is 224 g/mol. The molecule has 0 aromatic heterocycles. The van der Waals surface area contributed by atoms with E-state index in [1.165, 1.54) is 0 Å². The van der Waals surface area contributed by atoms with Crippen LogP contribution < -0.4 is 5.73 Å². The van der Waals surface area contributed by atoms with Gasteiger partial charge >= 0.3 is 5.97 Å². The van der Waals surface area contributed by atoms with E-state index in [-0.39, 0.29) is 5.97 Å². The van der Waals surface area contributed by atoms with Crippen molar-refractivity contribution in [3.8, 4) is 0 Å². The summed E-state index contributed by atoms with van der Waals surface area (Å²) in [5.41, 5.74) is 6.69. The highest BCUT2D eigenvalue weighted by Gasteiger charge is 2.26. The van der Waals surface area contributed by atoms with E-state index in [1.807, 2.05) is 20.8 Å². The van der Waals surface area contributed by atoms with E-state index < -0.39 is 5.60 Å². The second kappa shape index (κ2) is 4.68. The van der Waals surface area contributed by atoms with Gasteiger partial charge in [-0.2, -0.15) is 0 Å². The highest BCUT2D eigenvalue weighted by Crippen LogP contribution is 2.22. The molecule has 0 saturated carbocycles. The Kier molecular flexibility index (Phi) is 3.73. The minimum atomic E-state index is -0.488. The molecule has 1 rings (SSSR count). The molecule has 0 aliphatic carbocycles. The van der Waals surface area contributed by atoms with Crippen LogP contribution in [0.4, 0.5) is 0 Å². The van der Waals surface area contributed by atoms with Crippen molar-refractivity contribution in [3.05, 3.63) is 11.4 Å². The van der Waals surface area contributed by atoms with E-state index in [9.17, 15) is 4.79 Å². The van der Waals surface area contributed by atoms with Gasteiger partial charge in [0, 0.05) is 12.1 Å². The van der Waals surface area contributed by atoms with Gasteiger partial charge in [0.15, 0.2) is 0 Å². The molecule has 0 aromatic carbocycles. The van der Waals surface area contributed by atoms with E-state index >= 15 is 0 Å². The van der Waals surface area contributed by atoms with Crippen LogP contribution in [-0.4, -0.2) is 17.3 Å². The van der Waals surface area contributed by atoms with Gasteiger partial charge in [0.05, 0.1) is 5.57 Å². The highest BCUT2D eigenvalue weighted by atomic mass is 16.6. The van der Waals surface area contributed by atoms with Crippen molar-refractivity contribution in [2.24, 2.45) is 10.7 Å². The van der Waals surface area contributed by atoms with Gasteiger partial charge in [-0.3, -0.25) is 0 Å². The zero-order valence-electron chi connectivity index (χ0n) is 10.5. The van der Waals surface area contributed by atoms with Crippen LogP contribution in [0, 0.1) is 0 Å². The first-order valence-electron chi connectivity index (χ1n) is 5.62. The summed E-state index contributed by atoms with van der Waals surface area (Å²) < 4.78 is 5.27. The predicted molar refractivity (Wildman–Crippen MR) is 64.0 cm³/mol. The Hall–Kier alpha value is -1.32. The number of nitrogens with two attached hydrogens (primary N) is 1. The second-order valence-electron chi connectivity index (χ2n) is 4.97. The third kappa shape index (κ3) is 3.36. The number of esters is 1. The SMILES string of the molecule is CCCC1=NC(N)=C(C(=O)OC(C)(C)C)C1. The van der Waals surface area contributed by atoms with Crippen LogP contribution in [0.5, 0.6) is 0 Å². The normalized spacial score (nSPS) is 16.4. The summed E-state index contributed by atoms with van der Waals surface area (Å²) in [7, 11) is 0. The first-order chi connectivity index (χ1) is 7.33. The van der Waals surface area contributed by atoms with Gasteiger partial charge in [-0.25, -0.2) is 9.79 Å². The van der Waals surface area contributed by atoms with Gasteiger partial charge in [0.2, 0.25) is 0 Å². The van der Waals surface area contributed by atoms with Crippen LogP contribution in [0.15, 0.2) is 16.4 Å². The van der Waals surface area contributed by atoms with Crippen molar-refractivity contribution < 1.29 is 9.53 Å². The van der Waals surface area contributed by atoms with Crippen LogP contribution >= 0.6 is 0 Å². The summed E-state index contributed by atoms with van der Waals surface area (Å²) in [5, 5.41) is 0. The van der Waals surface area contributed by atoms with E-state index in [0.717, 1.165) is 18.6 Å². The molecule has 0 unspecified atom stereocenters. The number of hydrogen-bond acceptors (Lipinski definition) is 4. The van der Waals surface area contributed by atoms with Gasteiger partial charge in [-0.15, -0.1) is 0 Å². The molecule has 16 heavy (non-hydrogen) atoms. The van der Waals surface area contributed by atoms with Crippen LogP contribution in [-0.2, 0) is 9.53 Å². The van der Waals surface area contributed by atoms with Crippen molar-refractivity contribution >= 4 is 11.7 Å². The van der Waals surface area contributed by atoms with Crippen molar-refractivity contribution in [2.75, 3.05) is 0 Å². The molecule has 90 valence electrons. The second-order valence-corrected chi connectivity index (χ2v) is 4.97. The quantitative estimate of drug-likeness (QED) is 0.747. The first kappa shape index (κ1) is 12.7. The summed E-state index contributed by atoms with van der Waals surface area (Å²) in [6.07, 6.45) is 2.43. The van der Waals surface area contributed by atoms with Crippen LogP contribution in [0.25, 0.3) is 0 Å². The van der Waals surface area contributed by atoms with Gasteiger partial charge in [0.25, 0.3) is 0 Å². The molecule has 1 aliphatic heterocycles. The molecule has 0 amide bonds. The lowest BCUT2D eigenvalue weighted by Gasteiger charge is -2.19. The minimum Gasteiger partial charge on any atom is -0.456 e. The molecule has 2 N–H and O–H groups in total. The number of carbonyl (C=O) groups is 1. The average molecular weight is 224 g/mol. The lowest BCUT2D eigenvalue weighted by atomic mass is 10.1. The Labute approximate surface area is 96.6 Å². The lowest BCUT2D eigenvalue weighted by Crippen LogP contribution is -2.25. The van der Waals surface area contributed by atoms with E-state index in [2.05, 4.69) is 11.9 Å². The molecule has 1 aliphatic rings. The molecule has 1 heterocycles. The molecule has 0 saturated heterocycles. The number of ether oxygens (including phenoxy) is 1. The molecule has 0 fully saturated rings. The maximum Gasteiger partial charge on any atom is 0.338 e. The standard InChI is InChI=1S/C12H20N2O2/c1-5-6-8-7-9(10(13)14-8)11(15)16-12(2,3)4/h5-7,13H2,1-4H3. The van der Waals surface area contributed by atoms with Crippen molar-refractivity contribution in [1.82, 2.24) is 0 Å². The Morgan fingerprint density at radius 3 is 2.62 bits per heavy atom. The zero-order valence-corrected chi connectivity index (χ0v) is 10.5. The zero-order chi connectivity index (χ0) is 12.3. The minimum absolute atomic E-state index is 0.317. The lowest BCUT2D eigenvalue weighted by molar-refractivity contribution is -0.149. The van der Waals surface area contributed by atoms with Crippen molar-refractivity contribution in [2.45, 2.75) is 52.6 Å². The molecule has 0 atom stereocenters. The van der Waals surface area contributed by atoms with Gasteiger partial charge in [-0.1, -0.05) is 13.3 Å². The van der Waals surface area contributed by atoms with E-state index in [1.54, 1.807) is 0 Å². The summed E-state index contributed by atoms with van der Waals surface area (Å²) in [4.78, 5) is 16.0. The topological polar surface area (TPSA) is 64.7 Å². The first-order valence-corrected chi connectivity index (χ1v) is 5.62. The molecular weight excluding hydrogens is 204 g/mol. The van der Waals surface area contributed by atoms with Crippen LogP contribution in [0.2, 0.25) is 0 Å². The Morgan fingerprint density at radius 2 is 2.12 bits per heavy atom. The fraction of sp³-hybridized carbons (Fsp3) is 0.667. The van der Waals surface area contributed by atoms with Crippen molar-refractivity contribution in [3.63, 3.8) is 0 Å². The molecular formula is C12H20N2O2. The molecule has 0 spiro atoms. The van der Waals surface area contributed by atoms with Crippen LogP contribution in [0.3, 0.4) is 0 Å². The summed E-state index contributed by atoms with van der Waals surface area (Å²) in [6.45, 7) is 7.59.